The Hall–Kier alpha value is -1.16. The molecule has 0 aromatic rings. The number of piperazine rings is 1. The quantitative estimate of drug-likeness (QED) is 0.357. The van der Waals surface area contributed by atoms with Gasteiger partial charge in [0, 0.05) is 38.0 Å². The van der Waals surface area contributed by atoms with E-state index in [1.165, 1.54) is 37.7 Å². The molecule has 0 radical (unpaired) electrons. The average molecular weight is 537 g/mol. The lowest BCUT2D eigenvalue weighted by Gasteiger charge is -2.72. The van der Waals surface area contributed by atoms with E-state index < -0.39 is 0 Å². The molecule has 6 aliphatic rings. The van der Waals surface area contributed by atoms with Crippen molar-refractivity contribution in [1.82, 2.24) is 9.80 Å². The third kappa shape index (κ3) is 3.58. The summed E-state index contributed by atoms with van der Waals surface area (Å²) in [6.07, 6.45) is 11.2. The number of amides is 1. The Morgan fingerprint density at radius 1 is 0.821 bits per heavy atom. The van der Waals surface area contributed by atoms with Gasteiger partial charge in [-0.05, 0) is 118 Å². The molecule has 1 aliphatic heterocycles. The summed E-state index contributed by atoms with van der Waals surface area (Å²) in [5.74, 6) is 3.66. The summed E-state index contributed by atoms with van der Waals surface area (Å²) in [7, 11) is 2.18. The van der Waals surface area contributed by atoms with Gasteiger partial charge < -0.3 is 9.80 Å². The van der Waals surface area contributed by atoms with Gasteiger partial charge in [0.1, 0.15) is 5.78 Å². The first-order valence-corrected chi connectivity index (χ1v) is 16.4. The first-order valence-electron chi connectivity index (χ1n) is 16.4. The summed E-state index contributed by atoms with van der Waals surface area (Å²) in [6.45, 7) is 22.9. The maximum absolute atomic E-state index is 14.6. The number of likely N-dealkylation sites (N-methyl/N-ethyl adjacent to an activating group) is 1. The Balaban J connectivity index is 1.37. The van der Waals surface area contributed by atoms with E-state index in [2.05, 4.69) is 65.0 Å². The van der Waals surface area contributed by atoms with Crippen molar-refractivity contribution < 1.29 is 9.59 Å². The van der Waals surface area contributed by atoms with Crippen molar-refractivity contribution in [2.75, 3.05) is 33.2 Å². The second-order valence-electron chi connectivity index (χ2n) is 16.6. The van der Waals surface area contributed by atoms with E-state index in [0.29, 0.717) is 41.3 Å². The summed E-state index contributed by atoms with van der Waals surface area (Å²) in [4.78, 5) is 32.2. The predicted molar refractivity (Wildman–Crippen MR) is 158 cm³/mol. The van der Waals surface area contributed by atoms with E-state index in [9.17, 15) is 9.59 Å². The molecule has 9 atom stereocenters. The molecule has 1 amide bonds. The van der Waals surface area contributed by atoms with Crippen molar-refractivity contribution in [2.45, 2.75) is 106 Å². The van der Waals surface area contributed by atoms with Crippen LogP contribution in [0.5, 0.6) is 0 Å². The fraction of sp³-hybridized carbons (Fsp3) is 0.886. The van der Waals surface area contributed by atoms with E-state index in [1.54, 1.807) is 0 Å². The van der Waals surface area contributed by atoms with Gasteiger partial charge in [-0.2, -0.15) is 0 Å². The SMILES string of the molecule is C=C(C)[C@@H]1CC[C@]2(C(=O)N3CCN(C)CC3)CC[C@]3(C)[C@H](CC[C@@H]4[C@@]5(C)CCC(=O)C(C)(C)[C@@H]5CC[C@]43C)[C@@H]12. The smallest absolute Gasteiger partial charge is 0.229 e. The lowest BCUT2D eigenvalue weighted by atomic mass is 9.32. The molecule has 0 aromatic carbocycles. The lowest BCUT2D eigenvalue weighted by Crippen LogP contribution is -2.67. The number of allylic oxidation sites excluding steroid dienone is 1. The van der Waals surface area contributed by atoms with Crippen molar-refractivity contribution in [2.24, 2.45) is 56.7 Å². The molecule has 0 unspecified atom stereocenters. The minimum atomic E-state index is -0.195. The van der Waals surface area contributed by atoms with Crippen LogP contribution < -0.4 is 0 Å². The standard InChI is InChI=1S/C35H56N2O2/c1-23(2)24-11-16-35(30(39)37-21-19-36(8)20-22-37)18-17-33(6)25(29(24)35)9-10-27-32(5)14-13-28(38)31(3,4)26(32)12-15-34(27,33)7/h24-27,29H,1,9-22H2,2-8H3/t24-,25+,26-,27+,29+,32-,33+,34+,35-/m0/s1. The van der Waals surface area contributed by atoms with Crippen LogP contribution in [0.2, 0.25) is 0 Å². The molecule has 1 saturated heterocycles. The molecule has 39 heavy (non-hydrogen) atoms. The number of carbonyl (C=O) groups is 2. The highest BCUT2D eigenvalue weighted by molar-refractivity contribution is 5.85. The fourth-order valence-electron chi connectivity index (χ4n) is 12.6. The Morgan fingerprint density at radius 2 is 1.51 bits per heavy atom. The number of hydrogen-bond acceptors (Lipinski definition) is 3. The number of rotatable bonds is 2. The van der Waals surface area contributed by atoms with Gasteiger partial charge in [0.2, 0.25) is 5.91 Å². The van der Waals surface area contributed by atoms with Crippen molar-refractivity contribution >= 4 is 11.7 Å². The maximum atomic E-state index is 14.6. The fourth-order valence-corrected chi connectivity index (χ4v) is 12.6. The molecule has 6 fully saturated rings. The maximum Gasteiger partial charge on any atom is 0.229 e. The molecule has 0 spiro atoms. The molecular weight excluding hydrogens is 480 g/mol. The van der Waals surface area contributed by atoms with Crippen molar-refractivity contribution in [3.63, 3.8) is 0 Å². The Labute approximate surface area is 238 Å². The molecule has 0 N–H and O–H groups in total. The van der Waals surface area contributed by atoms with Crippen LogP contribution in [0, 0.1) is 56.7 Å². The number of fused-ring (bicyclic) bond motifs is 7. The second-order valence-corrected chi connectivity index (χ2v) is 16.6. The predicted octanol–water partition coefficient (Wildman–Crippen LogP) is 6.99. The zero-order valence-corrected chi connectivity index (χ0v) is 26.2. The number of ketones is 1. The molecule has 4 nitrogen and oxygen atoms in total. The highest BCUT2D eigenvalue weighted by Gasteiger charge is 2.72. The summed E-state index contributed by atoms with van der Waals surface area (Å²) in [5, 5.41) is 0. The number of hydrogen-bond donors (Lipinski definition) is 0. The van der Waals surface area contributed by atoms with Crippen LogP contribution in [0.1, 0.15) is 106 Å². The van der Waals surface area contributed by atoms with Crippen LogP contribution in [0.15, 0.2) is 12.2 Å². The number of carbonyl (C=O) groups excluding carboxylic acids is 2. The van der Waals surface area contributed by atoms with Gasteiger partial charge in [0.15, 0.2) is 0 Å². The van der Waals surface area contributed by atoms with Crippen molar-refractivity contribution in [3.8, 4) is 0 Å². The summed E-state index contributed by atoms with van der Waals surface area (Å²) in [5.41, 5.74) is 1.68. The average Bonchev–Trinajstić information content (AvgIpc) is 3.28. The highest BCUT2D eigenvalue weighted by Crippen LogP contribution is 2.77. The van der Waals surface area contributed by atoms with Gasteiger partial charge in [-0.1, -0.05) is 46.8 Å². The first-order chi connectivity index (χ1) is 18.2. The van der Waals surface area contributed by atoms with Crippen LogP contribution in [-0.4, -0.2) is 54.7 Å². The van der Waals surface area contributed by atoms with Crippen LogP contribution >= 0.6 is 0 Å². The summed E-state index contributed by atoms with van der Waals surface area (Å²) < 4.78 is 0. The van der Waals surface area contributed by atoms with Crippen molar-refractivity contribution in [1.29, 1.82) is 0 Å². The van der Waals surface area contributed by atoms with Gasteiger partial charge >= 0.3 is 0 Å². The zero-order chi connectivity index (χ0) is 28.2. The third-order valence-electron chi connectivity index (χ3n) is 15.0. The molecule has 5 saturated carbocycles. The zero-order valence-electron chi connectivity index (χ0n) is 26.2. The van der Waals surface area contributed by atoms with Crippen LogP contribution in [0.25, 0.3) is 0 Å². The molecule has 5 aliphatic carbocycles. The van der Waals surface area contributed by atoms with Gasteiger partial charge in [-0.25, -0.2) is 0 Å². The lowest BCUT2D eigenvalue weighted by molar-refractivity contribution is -0.234. The van der Waals surface area contributed by atoms with Crippen LogP contribution in [0.4, 0.5) is 0 Å². The topological polar surface area (TPSA) is 40.6 Å². The van der Waals surface area contributed by atoms with Crippen molar-refractivity contribution in [3.05, 3.63) is 12.2 Å². The molecule has 0 bridgehead atoms. The van der Waals surface area contributed by atoms with E-state index in [-0.39, 0.29) is 27.1 Å². The number of nitrogens with zero attached hydrogens (tertiary/aromatic N) is 2. The largest absolute Gasteiger partial charge is 0.340 e. The van der Waals surface area contributed by atoms with Gasteiger partial charge in [0.05, 0.1) is 5.41 Å². The molecule has 1 heterocycles. The van der Waals surface area contributed by atoms with E-state index in [4.69, 9.17) is 0 Å². The molecule has 6 rings (SSSR count). The summed E-state index contributed by atoms with van der Waals surface area (Å²) in [6, 6.07) is 0. The second kappa shape index (κ2) is 8.92. The monoisotopic (exact) mass is 536 g/mol. The molecule has 0 aromatic heterocycles. The van der Waals surface area contributed by atoms with Crippen LogP contribution in [-0.2, 0) is 9.59 Å². The van der Waals surface area contributed by atoms with Crippen LogP contribution in [0.3, 0.4) is 0 Å². The Kier molecular flexibility index (Phi) is 6.40. The minimum absolute atomic E-state index is 0.187. The summed E-state index contributed by atoms with van der Waals surface area (Å²) >= 11 is 0. The van der Waals surface area contributed by atoms with E-state index in [1.807, 2.05) is 0 Å². The Bertz CT molecular complexity index is 1060. The highest BCUT2D eigenvalue weighted by atomic mass is 16.2. The van der Waals surface area contributed by atoms with Gasteiger partial charge in [0.25, 0.3) is 0 Å². The van der Waals surface area contributed by atoms with Gasteiger partial charge in [-0.3, -0.25) is 9.59 Å². The minimum Gasteiger partial charge on any atom is -0.340 e. The first kappa shape index (κ1) is 28.0. The van der Waals surface area contributed by atoms with E-state index >= 15 is 0 Å². The number of Topliss-reactive ketones (excluding diaryl/α,β-unsaturated/α-hetero) is 1. The molecule has 218 valence electrons. The third-order valence-corrected chi connectivity index (χ3v) is 15.0. The van der Waals surface area contributed by atoms with E-state index in [0.717, 1.165) is 58.3 Å². The molecule has 4 heteroatoms. The Morgan fingerprint density at radius 3 is 2.18 bits per heavy atom. The van der Waals surface area contributed by atoms with Gasteiger partial charge in [-0.15, -0.1) is 0 Å². The molecular formula is C35H56N2O2. The normalized spacial score (nSPS) is 49.5.